The minimum absolute atomic E-state index is 0.206. The lowest BCUT2D eigenvalue weighted by molar-refractivity contribution is -0.131. The second-order valence-corrected chi connectivity index (χ2v) is 5.49. The van der Waals surface area contributed by atoms with E-state index in [4.69, 9.17) is 5.73 Å². The first-order valence-electron chi connectivity index (χ1n) is 5.35. The van der Waals surface area contributed by atoms with Gasteiger partial charge in [-0.2, -0.15) is 17.5 Å². The van der Waals surface area contributed by atoms with E-state index in [0.29, 0.717) is 15.6 Å². The maximum absolute atomic E-state index is 12.1. The third-order valence-corrected chi connectivity index (χ3v) is 4.04. The molecule has 0 aliphatic heterocycles. The van der Waals surface area contributed by atoms with Gasteiger partial charge in [-0.25, -0.2) is 4.98 Å². The average molecular weight is 308 g/mol. The van der Waals surface area contributed by atoms with Crippen LogP contribution in [0.5, 0.6) is 0 Å². The molecule has 0 amide bonds. The summed E-state index contributed by atoms with van der Waals surface area (Å²) in [4.78, 5) is 4.27. The Hall–Kier alpha value is -1.35. The Morgan fingerprint density at radius 2 is 2.16 bits per heavy atom. The molecule has 2 aromatic rings. The maximum Gasteiger partial charge on any atom is 0.390 e. The highest BCUT2D eigenvalue weighted by atomic mass is 32.1. The zero-order chi connectivity index (χ0) is 14.0. The van der Waals surface area contributed by atoms with Crippen molar-refractivity contribution in [2.75, 3.05) is 17.6 Å². The van der Waals surface area contributed by atoms with Gasteiger partial charge in [0.1, 0.15) is 15.8 Å². The predicted molar refractivity (Wildman–Crippen MR) is 71.5 cm³/mol. The van der Waals surface area contributed by atoms with Crippen molar-refractivity contribution in [1.82, 2.24) is 9.36 Å². The molecule has 104 valence electrons. The first-order valence-corrected chi connectivity index (χ1v) is 7.00. The molecule has 0 spiro atoms. The minimum atomic E-state index is -4.18. The van der Waals surface area contributed by atoms with Crippen LogP contribution < -0.4 is 11.1 Å². The Labute approximate surface area is 115 Å². The van der Waals surface area contributed by atoms with E-state index in [2.05, 4.69) is 14.7 Å². The second kappa shape index (κ2) is 5.33. The maximum atomic E-state index is 12.1. The van der Waals surface area contributed by atoms with E-state index in [1.165, 1.54) is 11.3 Å². The number of hydrogen-bond donors (Lipinski definition) is 2. The van der Waals surface area contributed by atoms with E-state index < -0.39 is 12.6 Å². The van der Waals surface area contributed by atoms with E-state index in [9.17, 15) is 13.2 Å². The Bertz CT molecular complexity index is 561. The van der Waals surface area contributed by atoms with Gasteiger partial charge in [-0.05, 0) is 18.5 Å². The summed E-state index contributed by atoms with van der Waals surface area (Å²) >= 11 is 2.43. The number of aromatic nitrogens is 2. The van der Waals surface area contributed by atoms with Crippen LogP contribution in [0.3, 0.4) is 0 Å². The number of aryl methyl sites for hydroxylation is 1. The summed E-state index contributed by atoms with van der Waals surface area (Å²) in [5.74, 6) is 0.286. The lowest BCUT2D eigenvalue weighted by atomic mass is 10.3. The topological polar surface area (TPSA) is 63.8 Å². The first kappa shape index (κ1) is 14.1. The van der Waals surface area contributed by atoms with Gasteiger partial charge in [0.15, 0.2) is 0 Å². The monoisotopic (exact) mass is 308 g/mol. The van der Waals surface area contributed by atoms with Crippen LogP contribution >= 0.6 is 22.9 Å². The van der Waals surface area contributed by atoms with Crippen molar-refractivity contribution < 1.29 is 13.2 Å². The van der Waals surface area contributed by atoms with Crippen molar-refractivity contribution in [1.29, 1.82) is 0 Å². The average Bonchev–Trinajstić information content (AvgIpc) is 2.84. The van der Waals surface area contributed by atoms with Crippen LogP contribution in [-0.4, -0.2) is 22.1 Å². The summed E-state index contributed by atoms with van der Waals surface area (Å²) in [6.45, 7) is 1.63. The number of hydrogen-bond acceptors (Lipinski definition) is 6. The summed E-state index contributed by atoms with van der Waals surface area (Å²) in [6, 6.07) is 0. The molecule has 2 rings (SSSR count). The molecule has 2 heterocycles. The molecule has 0 saturated heterocycles. The molecule has 3 N–H and O–H groups in total. The van der Waals surface area contributed by atoms with Gasteiger partial charge < -0.3 is 11.1 Å². The fourth-order valence-electron chi connectivity index (χ4n) is 1.42. The molecule has 0 saturated carbocycles. The lowest BCUT2D eigenvalue weighted by Crippen LogP contribution is -2.14. The molecule has 0 fully saturated rings. The minimum Gasteiger partial charge on any atom is -0.382 e. The summed E-state index contributed by atoms with van der Waals surface area (Å²) < 4.78 is 40.3. The molecule has 2 aromatic heterocycles. The van der Waals surface area contributed by atoms with Crippen molar-refractivity contribution in [3.05, 3.63) is 11.1 Å². The number of thiazole rings is 1. The van der Waals surface area contributed by atoms with Gasteiger partial charge in [0.05, 0.1) is 12.0 Å². The molecule has 0 bridgehead atoms. The van der Waals surface area contributed by atoms with Crippen LogP contribution in [0.25, 0.3) is 10.6 Å². The van der Waals surface area contributed by atoms with Gasteiger partial charge in [-0.15, -0.1) is 11.3 Å². The highest BCUT2D eigenvalue weighted by Gasteiger charge is 2.26. The van der Waals surface area contributed by atoms with Crippen LogP contribution in [-0.2, 0) is 0 Å². The van der Waals surface area contributed by atoms with E-state index in [0.717, 1.165) is 17.2 Å². The SMILES string of the molecule is Cc1csc(-c2c(N)nsc2NCCC(F)(F)F)n1. The molecule has 0 radical (unpaired) electrons. The Kier molecular flexibility index (Phi) is 3.95. The number of halogens is 3. The summed E-state index contributed by atoms with van der Waals surface area (Å²) in [7, 11) is 0. The Balaban J connectivity index is 2.14. The number of alkyl halides is 3. The Morgan fingerprint density at radius 1 is 1.42 bits per heavy atom. The molecule has 19 heavy (non-hydrogen) atoms. The molecule has 0 atom stereocenters. The molecular weight excluding hydrogens is 297 g/mol. The smallest absolute Gasteiger partial charge is 0.382 e. The summed E-state index contributed by atoms with van der Waals surface area (Å²) in [6.07, 6.45) is -5.08. The van der Waals surface area contributed by atoms with Crippen LogP contribution in [0.4, 0.5) is 24.0 Å². The second-order valence-electron chi connectivity index (χ2n) is 3.86. The highest BCUT2D eigenvalue weighted by Crippen LogP contribution is 2.38. The van der Waals surface area contributed by atoms with Gasteiger partial charge >= 0.3 is 6.18 Å². The summed E-state index contributed by atoms with van der Waals surface area (Å²) in [5.41, 5.74) is 7.17. The van der Waals surface area contributed by atoms with Crippen molar-refractivity contribution in [3.63, 3.8) is 0 Å². The number of rotatable bonds is 4. The zero-order valence-electron chi connectivity index (χ0n) is 9.91. The van der Waals surface area contributed by atoms with Crippen molar-refractivity contribution in [2.45, 2.75) is 19.5 Å². The van der Waals surface area contributed by atoms with Crippen LogP contribution in [0, 0.1) is 6.92 Å². The third-order valence-electron chi connectivity index (χ3n) is 2.25. The van der Waals surface area contributed by atoms with Gasteiger partial charge in [0.2, 0.25) is 0 Å². The van der Waals surface area contributed by atoms with Crippen molar-refractivity contribution in [3.8, 4) is 10.6 Å². The van der Waals surface area contributed by atoms with E-state index in [1.807, 2.05) is 12.3 Å². The molecule has 9 heteroatoms. The van der Waals surface area contributed by atoms with Crippen LogP contribution in [0.1, 0.15) is 12.1 Å². The van der Waals surface area contributed by atoms with Crippen molar-refractivity contribution in [2.24, 2.45) is 0 Å². The summed E-state index contributed by atoms with van der Waals surface area (Å²) in [5, 5.41) is 5.76. The number of nitrogens with zero attached hydrogens (tertiary/aromatic N) is 2. The lowest BCUT2D eigenvalue weighted by Gasteiger charge is -2.08. The van der Waals surface area contributed by atoms with E-state index >= 15 is 0 Å². The first-order chi connectivity index (χ1) is 8.87. The van der Waals surface area contributed by atoms with Gasteiger partial charge in [-0.3, -0.25) is 0 Å². The molecule has 4 nitrogen and oxygen atoms in total. The highest BCUT2D eigenvalue weighted by molar-refractivity contribution is 7.15. The quantitative estimate of drug-likeness (QED) is 0.907. The molecule has 0 unspecified atom stereocenters. The molecular formula is C10H11F3N4S2. The van der Waals surface area contributed by atoms with Gasteiger partial charge in [0, 0.05) is 17.6 Å². The fourth-order valence-corrected chi connectivity index (χ4v) is 3.08. The van der Waals surface area contributed by atoms with E-state index in [1.54, 1.807) is 0 Å². The number of anilines is 2. The van der Waals surface area contributed by atoms with Gasteiger partial charge in [-0.1, -0.05) is 0 Å². The number of nitrogens with one attached hydrogen (secondary N) is 1. The van der Waals surface area contributed by atoms with Crippen LogP contribution in [0.2, 0.25) is 0 Å². The molecule has 0 aliphatic rings. The predicted octanol–water partition coefficient (Wildman–Crippen LogP) is 3.52. The standard InChI is InChI=1S/C10H11F3N4S2/c1-5-4-18-9(16-5)6-7(14)17-19-8(6)15-3-2-10(11,12)13/h4,15H,2-3H2,1H3,(H2,14,17). The van der Waals surface area contributed by atoms with Crippen LogP contribution in [0.15, 0.2) is 5.38 Å². The Morgan fingerprint density at radius 3 is 2.74 bits per heavy atom. The fraction of sp³-hybridized carbons (Fsp3) is 0.400. The largest absolute Gasteiger partial charge is 0.390 e. The molecule has 0 aromatic carbocycles. The zero-order valence-corrected chi connectivity index (χ0v) is 11.5. The van der Waals surface area contributed by atoms with E-state index in [-0.39, 0.29) is 12.4 Å². The van der Waals surface area contributed by atoms with Gasteiger partial charge in [0.25, 0.3) is 0 Å². The normalized spacial score (nSPS) is 11.8. The molecule has 0 aliphatic carbocycles. The third kappa shape index (κ3) is 3.57. The van der Waals surface area contributed by atoms with Crippen molar-refractivity contribution >= 4 is 33.7 Å². The number of nitrogens with two attached hydrogens (primary N) is 1. The number of nitrogen functional groups attached to an aromatic ring is 1.